The fourth-order valence-electron chi connectivity index (χ4n) is 5.49. The number of aromatic nitrogens is 2. The van der Waals surface area contributed by atoms with Crippen molar-refractivity contribution >= 4 is 0 Å². The van der Waals surface area contributed by atoms with Gasteiger partial charge in [-0.2, -0.15) is 5.10 Å². The molecule has 172 valence electrons. The van der Waals surface area contributed by atoms with E-state index in [1.54, 1.807) is 7.11 Å². The molecule has 1 unspecified atom stereocenters. The SMILES string of the molecule is CCN1CCCC1CN(Cc1c(C)nn(CC)c1C)CC1CCN(CCOC)CC1. The van der Waals surface area contributed by atoms with Crippen LogP contribution in [0, 0.1) is 19.8 Å². The molecule has 3 rings (SSSR count). The van der Waals surface area contributed by atoms with Gasteiger partial charge in [0.25, 0.3) is 0 Å². The molecular formula is C24H45N5O. The van der Waals surface area contributed by atoms with E-state index in [0.29, 0.717) is 0 Å². The number of hydrogen-bond acceptors (Lipinski definition) is 5. The van der Waals surface area contributed by atoms with Gasteiger partial charge in [0.2, 0.25) is 0 Å². The van der Waals surface area contributed by atoms with Gasteiger partial charge in [0.05, 0.1) is 12.3 Å². The van der Waals surface area contributed by atoms with Gasteiger partial charge in [0.1, 0.15) is 0 Å². The van der Waals surface area contributed by atoms with Crippen LogP contribution in [-0.4, -0.2) is 90.1 Å². The van der Waals surface area contributed by atoms with Crippen LogP contribution in [0.1, 0.15) is 56.5 Å². The Kier molecular flexibility index (Phi) is 9.17. The van der Waals surface area contributed by atoms with E-state index in [1.807, 2.05) is 0 Å². The maximum absolute atomic E-state index is 5.27. The Labute approximate surface area is 184 Å². The van der Waals surface area contributed by atoms with E-state index < -0.39 is 0 Å². The first kappa shape index (κ1) is 23.7. The minimum atomic E-state index is 0.721. The number of ether oxygens (including phenoxy) is 1. The van der Waals surface area contributed by atoms with E-state index >= 15 is 0 Å². The molecule has 6 nitrogen and oxygen atoms in total. The van der Waals surface area contributed by atoms with Gasteiger partial charge in [-0.3, -0.25) is 14.5 Å². The standard InChI is InChI=1S/C24H45N5O/c1-6-28-12-8-9-23(28)18-27(19-24-20(3)25-29(7-2)21(24)4)17-22-10-13-26(14-11-22)15-16-30-5/h22-23H,6-19H2,1-5H3. The summed E-state index contributed by atoms with van der Waals surface area (Å²) in [5, 5.41) is 4.79. The van der Waals surface area contributed by atoms with Crippen molar-refractivity contribution in [1.82, 2.24) is 24.5 Å². The van der Waals surface area contributed by atoms with E-state index in [0.717, 1.165) is 38.2 Å². The lowest BCUT2D eigenvalue weighted by molar-refractivity contribution is 0.0963. The van der Waals surface area contributed by atoms with E-state index in [2.05, 4.69) is 47.1 Å². The molecule has 2 saturated heterocycles. The molecule has 0 saturated carbocycles. The molecule has 1 aromatic rings. The molecule has 0 spiro atoms. The zero-order chi connectivity index (χ0) is 21.5. The molecule has 1 aromatic heterocycles. The van der Waals surface area contributed by atoms with Gasteiger partial charge < -0.3 is 9.64 Å². The first-order chi connectivity index (χ1) is 14.5. The molecule has 0 aliphatic carbocycles. The molecule has 3 heterocycles. The molecule has 6 heteroatoms. The number of nitrogens with zero attached hydrogens (tertiary/aromatic N) is 5. The van der Waals surface area contributed by atoms with Gasteiger partial charge in [0.15, 0.2) is 0 Å². The Morgan fingerprint density at radius 1 is 1.03 bits per heavy atom. The third-order valence-electron chi connectivity index (χ3n) is 7.42. The van der Waals surface area contributed by atoms with Crippen LogP contribution in [-0.2, 0) is 17.8 Å². The van der Waals surface area contributed by atoms with Crippen LogP contribution in [0.5, 0.6) is 0 Å². The van der Waals surface area contributed by atoms with Crippen LogP contribution in [0.25, 0.3) is 0 Å². The van der Waals surface area contributed by atoms with Gasteiger partial charge in [-0.05, 0) is 78.6 Å². The highest BCUT2D eigenvalue weighted by molar-refractivity contribution is 5.24. The number of methoxy groups -OCH3 is 1. The van der Waals surface area contributed by atoms with E-state index in [9.17, 15) is 0 Å². The van der Waals surface area contributed by atoms with Crippen molar-refractivity contribution in [3.8, 4) is 0 Å². The zero-order valence-corrected chi connectivity index (χ0v) is 20.2. The van der Waals surface area contributed by atoms with Crippen LogP contribution in [0.15, 0.2) is 0 Å². The Bertz CT molecular complexity index is 638. The molecule has 0 bridgehead atoms. The topological polar surface area (TPSA) is 36.8 Å². The molecule has 2 aliphatic rings. The quantitative estimate of drug-likeness (QED) is 0.551. The van der Waals surface area contributed by atoms with Crippen molar-refractivity contribution in [3.63, 3.8) is 0 Å². The van der Waals surface area contributed by atoms with Crippen molar-refractivity contribution < 1.29 is 4.74 Å². The van der Waals surface area contributed by atoms with Gasteiger partial charge in [-0.25, -0.2) is 0 Å². The first-order valence-electron chi connectivity index (χ1n) is 12.3. The van der Waals surface area contributed by atoms with E-state index in [1.165, 1.54) is 81.9 Å². The smallest absolute Gasteiger partial charge is 0.0641 e. The fourth-order valence-corrected chi connectivity index (χ4v) is 5.49. The van der Waals surface area contributed by atoms with Gasteiger partial charge >= 0.3 is 0 Å². The number of aryl methyl sites for hydroxylation is 2. The zero-order valence-electron chi connectivity index (χ0n) is 20.2. The largest absolute Gasteiger partial charge is 0.383 e. The average molecular weight is 420 g/mol. The first-order valence-corrected chi connectivity index (χ1v) is 12.3. The maximum Gasteiger partial charge on any atom is 0.0641 e. The fraction of sp³-hybridized carbons (Fsp3) is 0.875. The molecule has 0 radical (unpaired) electrons. The van der Waals surface area contributed by atoms with Crippen molar-refractivity contribution in [2.75, 3.05) is 59.5 Å². The van der Waals surface area contributed by atoms with Gasteiger partial charge in [0, 0.05) is 57.1 Å². The van der Waals surface area contributed by atoms with E-state index in [-0.39, 0.29) is 0 Å². The lowest BCUT2D eigenvalue weighted by Gasteiger charge is -2.36. The average Bonchev–Trinajstić information content (AvgIpc) is 3.31. The lowest BCUT2D eigenvalue weighted by atomic mass is 9.95. The molecule has 0 N–H and O–H groups in total. The highest BCUT2D eigenvalue weighted by Crippen LogP contribution is 2.24. The minimum Gasteiger partial charge on any atom is -0.383 e. The summed E-state index contributed by atoms with van der Waals surface area (Å²) >= 11 is 0. The number of hydrogen-bond donors (Lipinski definition) is 0. The molecule has 0 aromatic carbocycles. The predicted molar refractivity (Wildman–Crippen MR) is 124 cm³/mol. The van der Waals surface area contributed by atoms with Crippen LogP contribution in [0.2, 0.25) is 0 Å². The second kappa shape index (κ2) is 11.6. The van der Waals surface area contributed by atoms with Gasteiger partial charge in [-0.15, -0.1) is 0 Å². The Morgan fingerprint density at radius 3 is 2.43 bits per heavy atom. The molecular weight excluding hydrogens is 374 g/mol. The normalized spacial score (nSPS) is 21.9. The second-order valence-electron chi connectivity index (χ2n) is 9.36. The summed E-state index contributed by atoms with van der Waals surface area (Å²) in [6.45, 7) is 20.2. The molecule has 30 heavy (non-hydrogen) atoms. The Hall–Kier alpha value is -0.950. The maximum atomic E-state index is 5.27. The highest BCUT2D eigenvalue weighted by Gasteiger charge is 2.28. The van der Waals surface area contributed by atoms with Crippen molar-refractivity contribution in [3.05, 3.63) is 17.0 Å². The van der Waals surface area contributed by atoms with Crippen molar-refractivity contribution in [1.29, 1.82) is 0 Å². The summed E-state index contributed by atoms with van der Waals surface area (Å²) in [5.74, 6) is 0.808. The highest BCUT2D eigenvalue weighted by atomic mass is 16.5. The summed E-state index contributed by atoms with van der Waals surface area (Å²) in [4.78, 5) is 8.03. The predicted octanol–water partition coefficient (Wildman–Crippen LogP) is 3.16. The molecule has 2 fully saturated rings. The third-order valence-corrected chi connectivity index (χ3v) is 7.42. The van der Waals surface area contributed by atoms with Crippen LogP contribution < -0.4 is 0 Å². The monoisotopic (exact) mass is 419 g/mol. The minimum absolute atomic E-state index is 0.721. The summed E-state index contributed by atoms with van der Waals surface area (Å²) in [7, 11) is 1.80. The number of piperidine rings is 1. The number of likely N-dealkylation sites (N-methyl/N-ethyl adjacent to an activating group) is 1. The lowest BCUT2D eigenvalue weighted by Crippen LogP contribution is -2.44. The third kappa shape index (κ3) is 6.06. The van der Waals surface area contributed by atoms with Crippen LogP contribution in [0.3, 0.4) is 0 Å². The van der Waals surface area contributed by atoms with Crippen molar-refractivity contribution in [2.24, 2.45) is 5.92 Å². The van der Waals surface area contributed by atoms with Crippen LogP contribution >= 0.6 is 0 Å². The summed E-state index contributed by atoms with van der Waals surface area (Å²) in [5.41, 5.74) is 4.02. The molecule has 2 aliphatic heterocycles. The molecule has 1 atom stereocenters. The summed E-state index contributed by atoms with van der Waals surface area (Å²) in [6, 6.07) is 0.721. The van der Waals surface area contributed by atoms with E-state index in [4.69, 9.17) is 9.84 Å². The number of rotatable bonds is 11. The summed E-state index contributed by atoms with van der Waals surface area (Å²) < 4.78 is 7.44. The Morgan fingerprint density at radius 2 is 1.80 bits per heavy atom. The molecule has 0 amide bonds. The number of likely N-dealkylation sites (tertiary alicyclic amines) is 2. The second-order valence-corrected chi connectivity index (χ2v) is 9.36. The summed E-state index contributed by atoms with van der Waals surface area (Å²) in [6.07, 6.45) is 5.34. The Balaban J connectivity index is 1.65. The van der Waals surface area contributed by atoms with Crippen molar-refractivity contribution in [2.45, 2.75) is 72.5 Å². The van der Waals surface area contributed by atoms with Gasteiger partial charge in [-0.1, -0.05) is 6.92 Å². The van der Waals surface area contributed by atoms with Crippen LogP contribution in [0.4, 0.5) is 0 Å².